The van der Waals surface area contributed by atoms with Gasteiger partial charge in [-0.05, 0) is 41.3 Å². The lowest BCUT2D eigenvalue weighted by molar-refractivity contribution is 0.452. The zero-order valence-electron chi connectivity index (χ0n) is 15.3. The predicted octanol–water partition coefficient (Wildman–Crippen LogP) is 5.64. The van der Waals surface area contributed by atoms with Crippen LogP contribution in [0.1, 0.15) is 26.3 Å². The van der Waals surface area contributed by atoms with Crippen LogP contribution in [0, 0.1) is 0 Å². The first-order valence-corrected chi connectivity index (χ1v) is 9.46. The summed E-state index contributed by atoms with van der Waals surface area (Å²) < 4.78 is 8.64. The molecule has 2 aromatic carbocycles. The lowest BCUT2D eigenvalue weighted by Gasteiger charge is -2.19. The summed E-state index contributed by atoms with van der Waals surface area (Å²) in [5, 5.41) is 13.0. The van der Waals surface area contributed by atoms with Crippen LogP contribution in [0.25, 0.3) is 17.0 Å². The number of hydrogen-bond acceptors (Lipinski definition) is 4. The molecule has 0 spiro atoms. The normalized spacial score (nSPS) is 11.7. The van der Waals surface area contributed by atoms with Crippen LogP contribution in [-0.2, 0) is 5.41 Å². The highest BCUT2D eigenvalue weighted by atomic mass is 79.9. The zero-order chi connectivity index (χ0) is 19.0. The highest BCUT2D eigenvalue weighted by molar-refractivity contribution is 9.10. The summed E-state index contributed by atoms with van der Waals surface area (Å²) >= 11 is 3.45. The molecule has 2 aromatic heterocycles. The smallest absolute Gasteiger partial charge is 0.237 e. The van der Waals surface area contributed by atoms with Gasteiger partial charge < -0.3 is 4.74 Å². The van der Waals surface area contributed by atoms with Gasteiger partial charge in [0.15, 0.2) is 11.5 Å². The van der Waals surface area contributed by atoms with Crippen molar-refractivity contribution in [1.29, 1.82) is 0 Å². The molecule has 0 aliphatic heterocycles. The number of hydrogen-bond donors (Lipinski definition) is 0. The van der Waals surface area contributed by atoms with Crippen molar-refractivity contribution in [2.24, 2.45) is 0 Å². The van der Waals surface area contributed by atoms with Crippen molar-refractivity contribution in [3.63, 3.8) is 0 Å². The molecule has 0 saturated carbocycles. The maximum atomic E-state index is 5.94. The van der Waals surface area contributed by atoms with Gasteiger partial charge in [0.25, 0.3) is 0 Å². The minimum Gasteiger partial charge on any atom is -0.438 e. The maximum absolute atomic E-state index is 5.94. The second kappa shape index (κ2) is 6.78. The summed E-state index contributed by atoms with van der Waals surface area (Å²) in [5.74, 6) is 1.91. The van der Waals surface area contributed by atoms with Crippen LogP contribution >= 0.6 is 15.9 Å². The van der Waals surface area contributed by atoms with Crippen LogP contribution in [0.15, 0.2) is 65.1 Å². The van der Waals surface area contributed by atoms with Crippen LogP contribution < -0.4 is 4.74 Å². The summed E-state index contributed by atoms with van der Waals surface area (Å²) in [6, 6.07) is 19.6. The summed E-state index contributed by atoms with van der Waals surface area (Å²) in [4.78, 5) is 0. The number of ether oxygens (including phenoxy) is 1. The van der Waals surface area contributed by atoms with Crippen LogP contribution in [0.3, 0.4) is 0 Å². The van der Waals surface area contributed by atoms with E-state index in [4.69, 9.17) is 4.74 Å². The fourth-order valence-electron chi connectivity index (χ4n) is 2.75. The molecule has 0 bridgehead atoms. The molecule has 0 fully saturated rings. The van der Waals surface area contributed by atoms with Crippen molar-refractivity contribution in [3.05, 3.63) is 70.7 Å². The van der Waals surface area contributed by atoms with Crippen LogP contribution in [-0.4, -0.2) is 19.8 Å². The largest absolute Gasteiger partial charge is 0.438 e. The van der Waals surface area contributed by atoms with Gasteiger partial charge in [-0.1, -0.05) is 61.0 Å². The molecule has 136 valence electrons. The monoisotopic (exact) mass is 422 g/mol. The van der Waals surface area contributed by atoms with E-state index in [0.29, 0.717) is 17.4 Å². The quantitative estimate of drug-likeness (QED) is 0.428. The zero-order valence-corrected chi connectivity index (χ0v) is 16.9. The van der Waals surface area contributed by atoms with E-state index < -0.39 is 0 Å². The van der Waals surface area contributed by atoms with Gasteiger partial charge in [0.1, 0.15) is 5.75 Å². The second-order valence-corrected chi connectivity index (χ2v) is 8.26. The van der Waals surface area contributed by atoms with E-state index in [1.807, 2.05) is 42.5 Å². The molecule has 0 saturated heterocycles. The van der Waals surface area contributed by atoms with E-state index in [1.165, 1.54) is 5.56 Å². The lowest BCUT2D eigenvalue weighted by atomic mass is 9.87. The van der Waals surface area contributed by atoms with Crippen molar-refractivity contribution < 1.29 is 4.74 Å². The Kier molecular flexibility index (Phi) is 4.44. The Bertz CT molecular complexity index is 1080. The Hall–Kier alpha value is -2.73. The first kappa shape index (κ1) is 17.7. The standard InChI is InChI=1S/C21H19BrN4O/c1-21(2,3)15-6-10-17(11-7-15)27-19-13-12-18-23-24-20(26(18)25-19)14-4-8-16(22)9-5-14/h4-13H,1-3H3. The van der Waals surface area contributed by atoms with E-state index in [-0.39, 0.29) is 5.41 Å². The molecule has 27 heavy (non-hydrogen) atoms. The third kappa shape index (κ3) is 3.71. The molecule has 6 heteroatoms. The molecule has 0 atom stereocenters. The Labute approximate surface area is 166 Å². The van der Waals surface area contributed by atoms with Crippen LogP contribution in [0.2, 0.25) is 0 Å². The van der Waals surface area contributed by atoms with Gasteiger partial charge in [0.05, 0.1) is 0 Å². The number of halogens is 1. The minimum absolute atomic E-state index is 0.109. The summed E-state index contributed by atoms with van der Waals surface area (Å²) in [5.41, 5.74) is 2.97. The topological polar surface area (TPSA) is 52.3 Å². The average molecular weight is 423 g/mol. The third-order valence-electron chi connectivity index (χ3n) is 4.28. The van der Waals surface area contributed by atoms with Crippen molar-refractivity contribution in [2.45, 2.75) is 26.2 Å². The van der Waals surface area contributed by atoms with E-state index >= 15 is 0 Å². The summed E-state index contributed by atoms with van der Waals surface area (Å²) in [6.45, 7) is 6.57. The Balaban J connectivity index is 1.65. The summed E-state index contributed by atoms with van der Waals surface area (Å²) in [6.07, 6.45) is 0. The lowest BCUT2D eigenvalue weighted by Crippen LogP contribution is -2.10. The number of benzene rings is 2. The molecule has 0 N–H and O–H groups in total. The molecule has 2 heterocycles. The summed E-state index contributed by atoms with van der Waals surface area (Å²) in [7, 11) is 0. The molecule has 0 aliphatic carbocycles. The highest BCUT2D eigenvalue weighted by Gasteiger charge is 2.14. The highest BCUT2D eigenvalue weighted by Crippen LogP contribution is 2.27. The van der Waals surface area contributed by atoms with E-state index in [0.717, 1.165) is 15.8 Å². The van der Waals surface area contributed by atoms with Gasteiger partial charge >= 0.3 is 0 Å². The first-order valence-electron chi connectivity index (χ1n) is 8.67. The average Bonchev–Trinajstić information content (AvgIpc) is 3.05. The molecule has 5 nitrogen and oxygen atoms in total. The van der Waals surface area contributed by atoms with E-state index in [1.54, 1.807) is 10.6 Å². The fraction of sp³-hybridized carbons (Fsp3) is 0.190. The van der Waals surface area contributed by atoms with E-state index in [9.17, 15) is 0 Å². The van der Waals surface area contributed by atoms with Gasteiger partial charge in [-0.2, -0.15) is 4.52 Å². The Morgan fingerprint density at radius 1 is 0.852 bits per heavy atom. The van der Waals surface area contributed by atoms with Gasteiger partial charge in [-0.3, -0.25) is 0 Å². The molecule has 4 aromatic rings. The molecular weight excluding hydrogens is 404 g/mol. The molecule has 0 aliphatic rings. The number of fused-ring (bicyclic) bond motifs is 1. The Morgan fingerprint density at radius 3 is 2.22 bits per heavy atom. The van der Waals surface area contributed by atoms with Crippen molar-refractivity contribution in [3.8, 4) is 23.0 Å². The molecule has 4 rings (SSSR count). The predicted molar refractivity (Wildman–Crippen MR) is 109 cm³/mol. The van der Waals surface area contributed by atoms with E-state index in [2.05, 4.69) is 64.1 Å². The molecule has 0 radical (unpaired) electrons. The minimum atomic E-state index is 0.109. The molecular formula is C21H19BrN4O. The third-order valence-corrected chi connectivity index (χ3v) is 4.81. The van der Waals surface area contributed by atoms with Crippen LogP contribution in [0.4, 0.5) is 0 Å². The number of nitrogens with zero attached hydrogens (tertiary/aromatic N) is 4. The van der Waals surface area contributed by atoms with Gasteiger partial charge in [-0.15, -0.1) is 15.3 Å². The SMILES string of the molecule is CC(C)(C)c1ccc(Oc2ccc3nnc(-c4ccc(Br)cc4)n3n2)cc1. The fourth-order valence-corrected chi connectivity index (χ4v) is 3.01. The molecule has 0 unspecified atom stereocenters. The van der Waals surface area contributed by atoms with Gasteiger partial charge in [0.2, 0.25) is 5.88 Å². The Morgan fingerprint density at radius 2 is 1.56 bits per heavy atom. The number of aromatic nitrogens is 4. The van der Waals surface area contributed by atoms with Gasteiger partial charge in [0, 0.05) is 16.1 Å². The van der Waals surface area contributed by atoms with Gasteiger partial charge in [-0.25, -0.2) is 0 Å². The second-order valence-electron chi connectivity index (χ2n) is 7.35. The maximum Gasteiger partial charge on any atom is 0.237 e. The molecule has 0 amide bonds. The van der Waals surface area contributed by atoms with Crippen molar-refractivity contribution >= 4 is 21.6 Å². The number of rotatable bonds is 3. The van der Waals surface area contributed by atoms with Crippen molar-refractivity contribution in [1.82, 2.24) is 19.8 Å². The first-order chi connectivity index (χ1) is 12.9. The van der Waals surface area contributed by atoms with Crippen LogP contribution in [0.5, 0.6) is 11.6 Å². The van der Waals surface area contributed by atoms with Crippen molar-refractivity contribution in [2.75, 3.05) is 0 Å².